The van der Waals surface area contributed by atoms with Crippen LogP contribution < -0.4 is 10.5 Å². The molecular formula is C22H21N7O. The minimum absolute atomic E-state index is 0.148. The highest BCUT2D eigenvalue weighted by molar-refractivity contribution is 5.57. The summed E-state index contributed by atoms with van der Waals surface area (Å²) in [5.74, 6) is 3.24. The van der Waals surface area contributed by atoms with Gasteiger partial charge in [0.1, 0.15) is 11.6 Å². The average molecular weight is 399 g/mol. The summed E-state index contributed by atoms with van der Waals surface area (Å²) in [5, 5.41) is 8.79. The number of aromatic nitrogens is 6. The molecule has 0 radical (unpaired) electrons. The number of anilines is 1. The Kier molecular flexibility index (Phi) is 4.59. The van der Waals surface area contributed by atoms with Crippen molar-refractivity contribution in [2.45, 2.75) is 26.4 Å². The van der Waals surface area contributed by atoms with Gasteiger partial charge in [-0.05, 0) is 18.6 Å². The molecule has 0 aliphatic carbocycles. The van der Waals surface area contributed by atoms with E-state index in [1.165, 1.54) is 6.07 Å². The second-order valence-corrected chi connectivity index (χ2v) is 7.22. The number of hydrogen-bond acceptors (Lipinski definition) is 6. The predicted molar refractivity (Wildman–Crippen MR) is 114 cm³/mol. The number of hydrogen-bond donors (Lipinski definition) is 1. The van der Waals surface area contributed by atoms with Gasteiger partial charge in [0, 0.05) is 42.2 Å². The van der Waals surface area contributed by atoms with Gasteiger partial charge in [-0.2, -0.15) is 0 Å². The van der Waals surface area contributed by atoms with Crippen molar-refractivity contribution in [1.82, 2.24) is 29.7 Å². The summed E-state index contributed by atoms with van der Waals surface area (Å²) in [4.78, 5) is 25.9. The van der Waals surface area contributed by atoms with Crippen LogP contribution in [0.2, 0.25) is 0 Å². The van der Waals surface area contributed by atoms with Gasteiger partial charge in [0.05, 0.1) is 6.54 Å². The molecule has 0 amide bonds. The lowest BCUT2D eigenvalue weighted by molar-refractivity contribution is 0.560. The Morgan fingerprint density at radius 2 is 1.90 bits per heavy atom. The molecular weight excluding hydrogens is 378 g/mol. The molecule has 4 aromatic rings. The maximum absolute atomic E-state index is 11.8. The molecule has 5 rings (SSSR count). The Bertz CT molecular complexity index is 1230. The molecule has 8 heteroatoms. The van der Waals surface area contributed by atoms with Crippen LogP contribution in [0.5, 0.6) is 0 Å². The predicted octanol–water partition coefficient (Wildman–Crippen LogP) is 2.67. The maximum Gasteiger partial charge on any atom is 0.251 e. The minimum atomic E-state index is -0.148. The highest BCUT2D eigenvalue weighted by Gasteiger charge is 2.22. The number of rotatable bonds is 4. The lowest BCUT2D eigenvalue weighted by Gasteiger charge is -2.28. The van der Waals surface area contributed by atoms with Crippen molar-refractivity contribution in [3.05, 3.63) is 76.6 Å². The lowest BCUT2D eigenvalue weighted by Crippen LogP contribution is -2.34. The largest absolute Gasteiger partial charge is 0.347 e. The first kappa shape index (κ1) is 18.2. The third kappa shape index (κ3) is 3.36. The summed E-state index contributed by atoms with van der Waals surface area (Å²) in [6, 6.07) is 15.5. The Labute approximate surface area is 173 Å². The molecule has 0 bridgehead atoms. The monoisotopic (exact) mass is 399 g/mol. The average Bonchev–Trinajstić information content (AvgIpc) is 3.22. The van der Waals surface area contributed by atoms with Crippen molar-refractivity contribution in [2.24, 2.45) is 0 Å². The van der Waals surface area contributed by atoms with Crippen molar-refractivity contribution in [1.29, 1.82) is 0 Å². The molecule has 1 aliphatic rings. The molecule has 150 valence electrons. The summed E-state index contributed by atoms with van der Waals surface area (Å²) in [5.41, 5.74) is 2.48. The Morgan fingerprint density at radius 1 is 1.03 bits per heavy atom. The molecule has 3 aromatic heterocycles. The van der Waals surface area contributed by atoms with Crippen LogP contribution in [-0.4, -0.2) is 36.3 Å². The highest BCUT2D eigenvalue weighted by atomic mass is 16.1. The Morgan fingerprint density at radius 3 is 2.67 bits per heavy atom. The van der Waals surface area contributed by atoms with E-state index in [4.69, 9.17) is 0 Å². The van der Waals surface area contributed by atoms with E-state index < -0.39 is 0 Å². The summed E-state index contributed by atoms with van der Waals surface area (Å²) in [6.45, 7) is 4.23. The van der Waals surface area contributed by atoms with Crippen LogP contribution in [0.25, 0.3) is 22.8 Å². The molecule has 30 heavy (non-hydrogen) atoms. The van der Waals surface area contributed by atoms with Gasteiger partial charge in [0.15, 0.2) is 11.6 Å². The van der Waals surface area contributed by atoms with Crippen LogP contribution in [-0.2, 0) is 19.5 Å². The van der Waals surface area contributed by atoms with Gasteiger partial charge in [-0.25, -0.2) is 9.97 Å². The molecule has 4 heterocycles. The molecule has 1 N–H and O–H groups in total. The van der Waals surface area contributed by atoms with Gasteiger partial charge >= 0.3 is 0 Å². The first-order valence-electron chi connectivity index (χ1n) is 10.0. The van der Waals surface area contributed by atoms with E-state index in [0.717, 1.165) is 47.4 Å². The number of aromatic amines is 1. The number of H-pyrrole nitrogens is 1. The van der Waals surface area contributed by atoms with E-state index in [1.807, 2.05) is 37.3 Å². The molecule has 0 atom stereocenters. The number of benzene rings is 1. The van der Waals surface area contributed by atoms with E-state index in [0.29, 0.717) is 18.8 Å². The van der Waals surface area contributed by atoms with E-state index in [2.05, 4.69) is 46.7 Å². The maximum atomic E-state index is 11.8. The van der Waals surface area contributed by atoms with Crippen molar-refractivity contribution in [2.75, 3.05) is 11.4 Å². The topological polar surface area (TPSA) is 92.6 Å². The van der Waals surface area contributed by atoms with Gasteiger partial charge in [-0.3, -0.25) is 4.79 Å². The standard InChI is InChI=1S/C22H21N7O/c1-2-17-12-20(30)25-21(24-17)16-8-9-18(23-13-16)28-10-11-29-19(14-28)26-27-22(29)15-6-4-3-5-7-15/h3-9,12-13H,2,10-11,14H2,1H3,(H,24,25,30). The van der Waals surface area contributed by atoms with Crippen LogP contribution in [0.15, 0.2) is 59.5 Å². The van der Waals surface area contributed by atoms with Crippen LogP contribution in [0, 0.1) is 0 Å². The van der Waals surface area contributed by atoms with E-state index in [1.54, 1.807) is 6.20 Å². The van der Waals surface area contributed by atoms with Crippen LogP contribution in [0.4, 0.5) is 5.82 Å². The summed E-state index contributed by atoms with van der Waals surface area (Å²) in [7, 11) is 0. The van der Waals surface area contributed by atoms with Gasteiger partial charge < -0.3 is 14.5 Å². The van der Waals surface area contributed by atoms with Gasteiger partial charge in [-0.1, -0.05) is 37.3 Å². The van der Waals surface area contributed by atoms with Crippen molar-refractivity contribution in [3.63, 3.8) is 0 Å². The SMILES string of the molecule is CCc1cc(=O)[nH]c(-c2ccc(N3CCn4c(nnc4-c4ccccc4)C3)nc2)n1. The quantitative estimate of drug-likeness (QED) is 0.567. The molecule has 1 aliphatic heterocycles. The second kappa shape index (κ2) is 7.55. The van der Waals surface area contributed by atoms with E-state index >= 15 is 0 Å². The molecule has 0 saturated heterocycles. The van der Waals surface area contributed by atoms with Gasteiger partial charge in [-0.15, -0.1) is 10.2 Å². The van der Waals surface area contributed by atoms with Crippen LogP contribution in [0.1, 0.15) is 18.4 Å². The van der Waals surface area contributed by atoms with E-state index in [-0.39, 0.29) is 5.56 Å². The highest BCUT2D eigenvalue weighted by Crippen LogP contribution is 2.25. The zero-order valence-electron chi connectivity index (χ0n) is 16.6. The fourth-order valence-electron chi connectivity index (χ4n) is 3.69. The first-order chi connectivity index (χ1) is 14.7. The summed E-state index contributed by atoms with van der Waals surface area (Å²) >= 11 is 0. The number of fused-ring (bicyclic) bond motifs is 1. The third-order valence-electron chi connectivity index (χ3n) is 5.29. The molecule has 1 aromatic carbocycles. The summed E-state index contributed by atoms with van der Waals surface area (Å²) in [6.07, 6.45) is 2.46. The smallest absolute Gasteiger partial charge is 0.251 e. The van der Waals surface area contributed by atoms with Gasteiger partial charge in [0.25, 0.3) is 5.56 Å². The van der Waals surface area contributed by atoms with E-state index in [9.17, 15) is 4.79 Å². The van der Waals surface area contributed by atoms with Crippen molar-refractivity contribution in [3.8, 4) is 22.8 Å². The number of aryl methyl sites for hydroxylation is 1. The first-order valence-corrected chi connectivity index (χ1v) is 10.0. The third-order valence-corrected chi connectivity index (χ3v) is 5.29. The lowest BCUT2D eigenvalue weighted by atomic mass is 10.2. The minimum Gasteiger partial charge on any atom is -0.347 e. The normalized spacial score (nSPS) is 13.3. The number of nitrogens with zero attached hydrogens (tertiary/aromatic N) is 6. The van der Waals surface area contributed by atoms with Crippen molar-refractivity contribution >= 4 is 5.82 Å². The Balaban J connectivity index is 1.38. The fourth-order valence-corrected chi connectivity index (χ4v) is 3.69. The molecule has 0 spiro atoms. The molecule has 0 saturated carbocycles. The fraction of sp³-hybridized carbons (Fsp3) is 0.227. The zero-order chi connectivity index (χ0) is 20.5. The molecule has 0 fully saturated rings. The van der Waals surface area contributed by atoms with Crippen LogP contribution >= 0.6 is 0 Å². The Hall–Kier alpha value is -3.81. The van der Waals surface area contributed by atoms with Gasteiger partial charge in [0.2, 0.25) is 0 Å². The summed E-state index contributed by atoms with van der Waals surface area (Å²) < 4.78 is 2.17. The molecule has 8 nitrogen and oxygen atoms in total. The second-order valence-electron chi connectivity index (χ2n) is 7.22. The van der Waals surface area contributed by atoms with Crippen molar-refractivity contribution < 1.29 is 0 Å². The van der Waals surface area contributed by atoms with Crippen LogP contribution in [0.3, 0.4) is 0 Å². The zero-order valence-corrected chi connectivity index (χ0v) is 16.6. The number of pyridine rings is 1. The number of nitrogens with one attached hydrogen (secondary N) is 1. The molecule has 0 unspecified atom stereocenters.